The van der Waals surface area contributed by atoms with Crippen LogP contribution in [0.1, 0.15) is 5.56 Å². The maximum atomic E-state index is 9.46. The number of nitrogens with one attached hydrogen (secondary N) is 1. The Morgan fingerprint density at radius 2 is 2.06 bits per heavy atom. The van der Waals surface area contributed by atoms with Gasteiger partial charge < -0.3 is 16.2 Å². The number of phenols is 1. The Bertz CT molecular complexity index is 533. The zero-order valence-corrected chi connectivity index (χ0v) is 10.5. The van der Waals surface area contributed by atoms with Crippen LogP contribution < -0.4 is 11.1 Å². The van der Waals surface area contributed by atoms with Gasteiger partial charge in [-0.1, -0.05) is 6.07 Å². The van der Waals surface area contributed by atoms with Gasteiger partial charge in [-0.05, 0) is 33.6 Å². The third-order valence-corrected chi connectivity index (χ3v) is 2.79. The molecule has 0 unspecified atom stereocenters. The van der Waals surface area contributed by atoms with Gasteiger partial charge >= 0.3 is 0 Å². The van der Waals surface area contributed by atoms with Gasteiger partial charge in [-0.2, -0.15) is 0 Å². The number of hydrogen-bond donors (Lipinski definition) is 3. The molecular weight excluding hydrogens is 284 g/mol. The highest BCUT2D eigenvalue weighted by molar-refractivity contribution is 9.10. The van der Waals surface area contributed by atoms with Crippen LogP contribution in [0.2, 0.25) is 0 Å². The van der Waals surface area contributed by atoms with Crippen LogP contribution in [-0.4, -0.2) is 15.1 Å². The van der Waals surface area contributed by atoms with Crippen LogP contribution in [-0.2, 0) is 6.54 Å². The van der Waals surface area contributed by atoms with Crippen molar-refractivity contribution < 1.29 is 5.11 Å². The van der Waals surface area contributed by atoms with Crippen LogP contribution in [0.3, 0.4) is 0 Å². The predicted molar refractivity (Wildman–Crippen MR) is 69.6 cm³/mol. The molecule has 0 amide bonds. The van der Waals surface area contributed by atoms with Crippen molar-refractivity contribution in [3.05, 3.63) is 40.8 Å². The lowest BCUT2D eigenvalue weighted by Gasteiger charge is -2.07. The lowest BCUT2D eigenvalue weighted by atomic mass is 10.2. The van der Waals surface area contributed by atoms with Crippen molar-refractivity contribution in [1.82, 2.24) is 9.97 Å². The van der Waals surface area contributed by atoms with Gasteiger partial charge in [-0.15, -0.1) is 0 Å². The van der Waals surface area contributed by atoms with E-state index < -0.39 is 0 Å². The number of nitrogens with zero attached hydrogens (tertiary/aromatic N) is 2. The van der Waals surface area contributed by atoms with Crippen LogP contribution in [0.4, 0.5) is 11.5 Å². The number of aromatic hydroxyl groups is 1. The molecule has 1 heterocycles. The summed E-state index contributed by atoms with van der Waals surface area (Å²) in [5.74, 6) is 0.742. The minimum atomic E-state index is 0.0857. The zero-order chi connectivity index (χ0) is 12.3. The Kier molecular flexibility index (Phi) is 3.43. The highest BCUT2D eigenvalue weighted by Gasteiger charge is 2.02. The van der Waals surface area contributed by atoms with Gasteiger partial charge in [-0.3, -0.25) is 0 Å². The number of phenolic OH excluding ortho intramolecular Hbond substituents is 1. The maximum absolute atomic E-state index is 9.46. The van der Waals surface area contributed by atoms with Gasteiger partial charge in [0.05, 0.1) is 5.69 Å². The first kappa shape index (κ1) is 11.7. The molecule has 2 aromatic rings. The SMILES string of the molecule is Nc1ccc(CNc2nccnc2Br)cc1O. The summed E-state index contributed by atoms with van der Waals surface area (Å²) < 4.78 is 0.652. The van der Waals surface area contributed by atoms with E-state index in [0.717, 1.165) is 5.56 Å². The van der Waals surface area contributed by atoms with Crippen molar-refractivity contribution in [3.63, 3.8) is 0 Å². The van der Waals surface area contributed by atoms with Crippen molar-refractivity contribution in [1.29, 1.82) is 0 Å². The van der Waals surface area contributed by atoms with Crippen LogP contribution in [0, 0.1) is 0 Å². The van der Waals surface area contributed by atoms with E-state index in [1.807, 2.05) is 6.07 Å². The molecule has 0 saturated carbocycles. The lowest BCUT2D eigenvalue weighted by molar-refractivity contribution is 0.477. The third kappa shape index (κ3) is 2.85. The van der Waals surface area contributed by atoms with Crippen molar-refractivity contribution in [3.8, 4) is 5.75 Å². The molecule has 1 aromatic heterocycles. The second kappa shape index (κ2) is 5.01. The third-order valence-electron chi connectivity index (χ3n) is 2.21. The second-order valence-electron chi connectivity index (χ2n) is 3.44. The van der Waals surface area contributed by atoms with E-state index in [2.05, 4.69) is 31.2 Å². The molecule has 1 aromatic carbocycles. The highest BCUT2D eigenvalue weighted by atomic mass is 79.9. The van der Waals surface area contributed by atoms with Crippen LogP contribution in [0.5, 0.6) is 5.75 Å². The van der Waals surface area contributed by atoms with E-state index in [1.165, 1.54) is 0 Å². The molecule has 5 nitrogen and oxygen atoms in total. The average Bonchev–Trinajstić information content (AvgIpc) is 2.32. The number of halogens is 1. The van der Waals surface area contributed by atoms with Crippen molar-refractivity contribution >= 4 is 27.4 Å². The molecule has 6 heteroatoms. The second-order valence-corrected chi connectivity index (χ2v) is 4.19. The van der Waals surface area contributed by atoms with Gasteiger partial charge in [0.1, 0.15) is 10.4 Å². The predicted octanol–water partition coefficient (Wildman–Crippen LogP) is 2.14. The average molecular weight is 295 g/mol. The van der Waals surface area contributed by atoms with Crippen molar-refractivity contribution in [2.75, 3.05) is 11.1 Å². The fourth-order valence-electron chi connectivity index (χ4n) is 1.32. The summed E-state index contributed by atoms with van der Waals surface area (Å²) in [6, 6.07) is 5.12. The fourth-order valence-corrected chi connectivity index (χ4v) is 1.69. The van der Waals surface area contributed by atoms with Gasteiger partial charge in [-0.25, -0.2) is 9.97 Å². The quantitative estimate of drug-likeness (QED) is 0.597. The first-order chi connectivity index (χ1) is 8.16. The van der Waals surface area contributed by atoms with E-state index in [1.54, 1.807) is 24.5 Å². The summed E-state index contributed by atoms with van der Waals surface area (Å²) in [5, 5.41) is 12.6. The number of hydrogen-bond acceptors (Lipinski definition) is 5. The summed E-state index contributed by atoms with van der Waals surface area (Å²) in [5.41, 5.74) is 6.80. The minimum absolute atomic E-state index is 0.0857. The Morgan fingerprint density at radius 3 is 2.76 bits per heavy atom. The van der Waals surface area contributed by atoms with Crippen molar-refractivity contribution in [2.45, 2.75) is 6.54 Å². The molecule has 0 bridgehead atoms. The number of aromatic nitrogens is 2. The molecule has 0 aliphatic heterocycles. The summed E-state index contributed by atoms with van der Waals surface area (Å²) >= 11 is 3.29. The van der Waals surface area contributed by atoms with Gasteiger partial charge in [0, 0.05) is 18.9 Å². The normalized spacial score (nSPS) is 10.2. The summed E-state index contributed by atoms with van der Waals surface area (Å²) in [6.45, 7) is 0.533. The van der Waals surface area contributed by atoms with Gasteiger partial charge in [0.25, 0.3) is 0 Å². The molecular formula is C11H11BrN4O. The minimum Gasteiger partial charge on any atom is -0.506 e. The number of benzene rings is 1. The Labute approximate surface area is 107 Å². The molecule has 0 saturated heterocycles. The first-order valence-electron chi connectivity index (χ1n) is 4.94. The summed E-state index contributed by atoms with van der Waals surface area (Å²) in [4.78, 5) is 8.17. The van der Waals surface area contributed by atoms with E-state index in [0.29, 0.717) is 22.7 Å². The summed E-state index contributed by atoms with van der Waals surface area (Å²) in [7, 11) is 0. The van der Waals surface area contributed by atoms with Crippen LogP contribution >= 0.6 is 15.9 Å². The molecule has 0 fully saturated rings. The van der Waals surface area contributed by atoms with Gasteiger partial charge in [0.2, 0.25) is 0 Å². The molecule has 0 spiro atoms. The lowest BCUT2D eigenvalue weighted by Crippen LogP contribution is -2.02. The number of nitrogen functional groups attached to an aromatic ring is 1. The van der Waals surface area contributed by atoms with Gasteiger partial charge in [0.15, 0.2) is 5.82 Å². The van der Waals surface area contributed by atoms with Crippen molar-refractivity contribution in [2.24, 2.45) is 0 Å². The fraction of sp³-hybridized carbons (Fsp3) is 0.0909. The van der Waals surface area contributed by atoms with Crippen LogP contribution in [0.15, 0.2) is 35.2 Å². The molecule has 88 valence electrons. The molecule has 17 heavy (non-hydrogen) atoms. The Morgan fingerprint density at radius 1 is 1.29 bits per heavy atom. The number of rotatable bonds is 3. The highest BCUT2D eigenvalue weighted by Crippen LogP contribution is 2.22. The smallest absolute Gasteiger partial charge is 0.159 e. The monoisotopic (exact) mass is 294 g/mol. The first-order valence-corrected chi connectivity index (χ1v) is 5.74. The maximum Gasteiger partial charge on any atom is 0.159 e. The largest absolute Gasteiger partial charge is 0.506 e. The standard InChI is InChI=1S/C11H11BrN4O/c12-10-11(15-4-3-14-10)16-6-7-1-2-8(13)9(17)5-7/h1-5,17H,6,13H2,(H,15,16). The van der Waals surface area contributed by atoms with E-state index >= 15 is 0 Å². The molecule has 0 radical (unpaired) electrons. The zero-order valence-electron chi connectivity index (χ0n) is 8.89. The molecule has 0 aliphatic rings. The Hall–Kier alpha value is -1.82. The molecule has 0 atom stereocenters. The van der Waals surface area contributed by atoms with Crippen LogP contribution in [0.25, 0.3) is 0 Å². The number of anilines is 2. The van der Waals surface area contributed by atoms with E-state index in [-0.39, 0.29) is 5.75 Å². The summed E-state index contributed by atoms with van der Waals surface area (Å²) in [6.07, 6.45) is 3.21. The number of nitrogens with two attached hydrogens (primary N) is 1. The molecule has 4 N–H and O–H groups in total. The van der Waals surface area contributed by atoms with E-state index in [4.69, 9.17) is 5.73 Å². The van der Waals surface area contributed by atoms with E-state index in [9.17, 15) is 5.11 Å². The Balaban J connectivity index is 2.08. The molecule has 0 aliphatic carbocycles. The topological polar surface area (TPSA) is 84.1 Å². The molecule has 2 rings (SSSR count).